The lowest BCUT2D eigenvalue weighted by Gasteiger charge is -2.34. The molecule has 0 aromatic heterocycles. The predicted octanol–water partition coefficient (Wildman–Crippen LogP) is 3.02. The van der Waals surface area contributed by atoms with Crippen molar-refractivity contribution in [2.24, 2.45) is 11.8 Å². The lowest BCUT2D eigenvalue weighted by Crippen LogP contribution is -2.51. The second-order valence-corrected chi connectivity index (χ2v) is 8.19. The summed E-state index contributed by atoms with van der Waals surface area (Å²) in [4.78, 5) is 26.4. The van der Waals surface area contributed by atoms with E-state index < -0.39 is 0 Å². The molecule has 1 N–H and O–H groups in total. The predicted molar refractivity (Wildman–Crippen MR) is 91.6 cm³/mol. The van der Waals surface area contributed by atoms with Gasteiger partial charge in [0.05, 0.1) is 5.37 Å². The largest absolute Gasteiger partial charge is 0.354 e. The van der Waals surface area contributed by atoms with Crippen molar-refractivity contribution in [3.05, 3.63) is 0 Å². The normalized spacial score (nSPS) is 26.5. The maximum absolute atomic E-state index is 12.5. The van der Waals surface area contributed by atoms with E-state index in [-0.39, 0.29) is 23.2 Å². The summed E-state index contributed by atoms with van der Waals surface area (Å²) in [5.74, 6) is 1.97. The van der Waals surface area contributed by atoms with E-state index in [0.29, 0.717) is 18.4 Å². The minimum absolute atomic E-state index is 0.0293. The summed E-state index contributed by atoms with van der Waals surface area (Å²) in [7, 11) is 0. The molecule has 1 aliphatic carbocycles. The highest BCUT2D eigenvalue weighted by Crippen LogP contribution is 2.40. The molecule has 0 spiro atoms. The smallest absolute Gasteiger partial charge is 0.243 e. The molecule has 2 atom stereocenters. The van der Waals surface area contributed by atoms with Gasteiger partial charge >= 0.3 is 0 Å². The molecule has 0 aromatic rings. The van der Waals surface area contributed by atoms with Gasteiger partial charge in [0.1, 0.15) is 6.04 Å². The fourth-order valence-electron chi connectivity index (χ4n) is 3.51. The van der Waals surface area contributed by atoms with Crippen molar-refractivity contribution in [2.45, 2.75) is 70.7 Å². The van der Waals surface area contributed by atoms with Gasteiger partial charge in [0.25, 0.3) is 0 Å². The Hall–Kier alpha value is -0.710. The third kappa shape index (κ3) is 4.40. The minimum atomic E-state index is -0.276. The Morgan fingerprint density at radius 2 is 1.91 bits per heavy atom. The van der Waals surface area contributed by atoms with Gasteiger partial charge in [0, 0.05) is 19.2 Å². The average molecular weight is 327 g/mol. The first-order valence-corrected chi connectivity index (χ1v) is 9.73. The number of nitrogens with zero attached hydrogens (tertiary/aromatic N) is 1. The number of nitrogens with one attached hydrogen (secondary N) is 1. The summed E-state index contributed by atoms with van der Waals surface area (Å²) < 4.78 is 0. The van der Waals surface area contributed by atoms with Gasteiger partial charge in [-0.15, -0.1) is 11.8 Å². The van der Waals surface area contributed by atoms with E-state index in [0.717, 1.165) is 12.2 Å². The van der Waals surface area contributed by atoms with E-state index in [1.54, 1.807) is 18.7 Å². The highest BCUT2D eigenvalue weighted by atomic mass is 32.2. The third-order valence-electron chi connectivity index (χ3n) is 4.78. The van der Waals surface area contributed by atoms with Crippen LogP contribution in [0.3, 0.4) is 0 Å². The van der Waals surface area contributed by atoms with Crippen molar-refractivity contribution in [1.29, 1.82) is 0 Å². The Bertz CT molecular complexity index is 394. The van der Waals surface area contributed by atoms with Gasteiger partial charge in [0.15, 0.2) is 0 Å². The van der Waals surface area contributed by atoms with E-state index in [1.165, 1.54) is 32.1 Å². The monoisotopic (exact) mass is 326 g/mol. The van der Waals surface area contributed by atoms with Crippen molar-refractivity contribution in [2.75, 3.05) is 12.3 Å². The van der Waals surface area contributed by atoms with Gasteiger partial charge < -0.3 is 10.2 Å². The van der Waals surface area contributed by atoms with E-state index in [9.17, 15) is 9.59 Å². The van der Waals surface area contributed by atoms with E-state index >= 15 is 0 Å². The highest BCUT2D eigenvalue weighted by Gasteiger charge is 2.43. The minimum Gasteiger partial charge on any atom is -0.354 e. The first-order valence-electron chi connectivity index (χ1n) is 8.69. The third-order valence-corrected chi connectivity index (χ3v) is 6.24. The summed E-state index contributed by atoms with van der Waals surface area (Å²) in [5, 5.41) is 3.23. The molecule has 2 fully saturated rings. The molecule has 1 saturated heterocycles. The molecule has 4 nitrogen and oxygen atoms in total. The molecule has 0 radical (unpaired) electrons. The second-order valence-electron chi connectivity index (χ2n) is 7.04. The van der Waals surface area contributed by atoms with Crippen LogP contribution in [0.2, 0.25) is 0 Å². The Morgan fingerprint density at radius 1 is 1.23 bits per heavy atom. The lowest BCUT2D eigenvalue weighted by molar-refractivity contribution is -0.139. The number of carbonyl (C=O) groups is 2. The molecule has 2 unspecified atom stereocenters. The quantitative estimate of drug-likeness (QED) is 0.845. The first kappa shape index (κ1) is 17.6. The van der Waals surface area contributed by atoms with Crippen LogP contribution in [0.4, 0.5) is 0 Å². The van der Waals surface area contributed by atoms with Crippen LogP contribution in [0.15, 0.2) is 0 Å². The number of hydrogen-bond donors (Lipinski definition) is 1. The Labute approximate surface area is 138 Å². The van der Waals surface area contributed by atoms with Crippen molar-refractivity contribution in [3.8, 4) is 0 Å². The molecular weight excluding hydrogens is 296 g/mol. The maximum Gasteiger partial charge on any atom is 0.243 e. The van der Waals surface area contributed by atoms with Crippen molar-refractivity contribution in [3.63, 3.8) is 0 Å². The van der Waals surface area contributed by atoms with Gasteiger partial charge in [-0.25, -0.2) is 0 Å². The van der Waals surface area contributed by atoms with E-state index in [1.807, 2.05) is 4.90 Å². The number of amides is 2. The summed E-state index contributed by atoms with van der Waals surface area (Å²) >= 11 is 1.81. The van der Waals surface area contributed by atoms with Crippen molar-refractivity contribution >= 4 is 23.6 Å². The van der Waals surface area contributed by atoms with E-state index in [4.69, 9.17) is 0 Å². The lowest BCUT2D eigenvalue weighted by atomic mass is 9.88. The topological polar surface area (TPSA) is 49.4 Å². The first-order chi connectivity index (χ1) is 10.5. The average Bonchev–Trinajstić information content (AvgIpc) is 2.92. The van der Waals surface area contributed by atoms with Crippen LogP contribution in [0.5, 0.6) is 0 Å². The standard InChI is InChI=1S/C17H30N2O2S/c1-12(2)9-10-18-16(21)15-11-22-17(19(15)13(3)20)14-7-5-4-6-8-14/h12,14-15,17H,4-11H2,1-3H3,(H,18,21). The van der Waals surface area contributed by atoms with Crippen molar-refractivity contribution in [1.82, 2.24) is 10.2 Å². The van der Waals surface area contributed by atoms with Gasteiger partial charge in [-0.3, -0.25) is 9.59 Å². The Kier molecular flexibility index (Phi) is 6.60. The maximum atomic E-state index is 12.5. The summed E-state index contributed by atoms with van der Waals surface area (Å²) in [6.45, 7) is 6.62. The molecule has 2 aliphatic rings. The zero-order valence-corrected chi connectivity index (χ0v) is 15.0. The molecule has 2 amide bonds. The van der Waals surface area contributed by atoms with Crippen LogP contribution < -0.4 is 5.32 Å². The molecule has 5 heteroatoms. The number of rotatable bonds is 5. The van der Waals surface area contributed by atoms with Crippen LogP contribution >= 0.6 is 11.8 Å². The van der Waals surface area contributed by atoms with Gasteiger partial charge in [-0.2, -0.15) is 0 Å². The molecule has 1 aliphatic heterocycles. The SMILES string of the molecule is CC(=O)N1C(C(=O)NCCC(C)C)CSC1C1CCCCC1. The number of carbonyl (C=O) groups excluding carboxylic acids is 2. The summed E-state index contributed by atoms with van der Waals surface area (Å²) in [6, 6.07) is -0.276. The highest BCUT2D eigenvalue weighted by molar-refractivity contribution is 8.00. The molecule has 0 bridgehead atoms. The molecule has 2 rings (SSSR count). The summed E-state index contributed by atoms with van der Waals surface area (Å²) in [6.07, 6.45) is 7.22. The van der Waals surface area contributed by atoms with Crippen LogP contribution in [0, 0.1) is 11.8 Å². The fraction of sp³-hybridized carbons (Fsp3) is 0.882. The number of thioether (sulfide) groups is 1. The van der Waals surface area contributed by atoms with Crippen molar-refractivity contribution < 1.29 is 9.59 Å². The molecule has 1 saturated carbocycles. The summed E-state index contributed by atoms with van der Waals surface area (Å²) in [5.41, 5.74) is 0. The fourth-order valence-corrected chi connectivity index (χ4v) is 5.20. The van der Waals surface area contributed by atoms with Gasteiger partial charge in [-0.05, 0) is 31.1 Å². The number of hydrogen-bond acceptors (Lipinski definition) is 3. The Balaban J connectivity index is 1.96. The van der Waals surface area contributed by atoms with Crippen LogP contribution in [0.25, 0.3) is 0 Å². The molecule has 0 aromatic carbocycles. The molecular formula is C17H30N2O2S. The molecule has 22 heavy (non-hydrogen) atoms. The second kappa shape index (κ2) is 8.23. The van der Waals surface area contributed by atoms with Gasteiger partial charge in [0.2, 0.25) is 11.8 Å². The van der Waals surface area contributed by atoms with Crippen LogP contribution in [-0.2, 0) is 9.59 Å². The van der Waals surface area contributed by atoms with E-state index in [2.05, 4.69) is 19.2 Å². The molecule has 1 heterocycles. The van der Waals surface area contributed by atoms with Crippen LogP contribution in [0.1, 0.15) is 59.3 Å². The van der Waals surface area contributed by atoms with Crippen LogP contribution in [-0.4, -0.2) is 40.4 Å². The van der Waals surface area contributed by atoms with Gasteiger partial charge in [-0.1, -0.05) is 33.1 Å². The Morgan fingerprint density at radius 3 is 2.50 bits per heavy atom. The molecule has 126 valence electrons. The zero-order chi connectivity index (χ0) is 16.1. The zero-order valence-electron chi connectivity index (χ0n) is 14.1.